The normalized spacial score (nSPS) is 22.0. The highest BCUT2D eigenvalue weighted by atomic mass is 16.5. The Hall–Kier alpha value is -0.650. The Balaban J connectivity index is 2.05. The van der Waals surface area contributed by atoms with Crippen molar-refractivity contribution >= 4 is 5.91 Å². The maximum atomic E-state index is 11.4. The number of carbonyl (C=O) groups is 1. The lowest BCUT2D eigenvalue weighted by Gasteiger charge is -2.16. The van der Waals surface area contributed by atoms with Crippen LogP contribution in [0.25, 0.3) is 0 Å². The molecule has 1 aliphatic rings. The smallest absolute Gasteiger partial charge is 0.221 e. The summed E-state index contributed by atoms with van der Waals surface area (Å²) in [6.07, 6.45) is 1.67. The largest absolute Gasteiger partial charge is 0.379 e. The molecule has 2 atom stereocenters. The van der Waals surface area contributed by atoms with Gasteiger partial charge in [0.2, 0.25) is 5.91 Å². The van der Waals surface area contributed by atoms with Crippen LogP contribution in [0.3, 0.4) is 0 Å². The first-order chi connectivity index (χ1) is 7.72. The predicted molar refractivity (Wildman–Crippen MR) is 61.3 cm³/mol. The van der Waals surface area contributed by atoms with E-state index >= 15 is 0 Å². The van der Waals surface area contributed by atoms with Crippen molar-refractivity contribution < 1.29 is 14.3 Å². The molecule has 1 aliphatic heterocycles. The van der Waals surface area contributed by atoms with Crippen LogP contribution in [0.4, 0.5) is 0 Å². The van der Waals surface area contributed by atoms with Crippen LogP contribution in [0, 0.1) is 0 Å². The monoisotopic (exact) mass is 230 g/mol. The van der Waals surface area contributed by atoms with Crippen LogP contribution < -0.4 is 10.6 Å². The molecule has 1 amide bonds. The molecule has 94 valence electrons. The second kappa shape index (κ2) is 7.60. The third kappa shape index (κ3) is 5.44. The van der Waals surface area contributed by atoms with Gasteiger partial charge in [-0.3, -0.25) is 4.79 Å². The summed E-state index contributed by atoms with van der Waals surface area (Å²) in [6, 6.07) is 0.0601. The summed E-state index contributed by atoms with van der Waals surface area (Å²) in [5, 5.41) is 5.83. The molecule has 0 bridgehead atoms. The molecule has 1 heterocycles. The fraction of sp³-hybridized carbons (Fsp3) is 0.909. The molecule has 1 rings (SSSR count). The van der Waals surface area contributed by atoms with Crippen LogP contribution in [0.2, 0.25) is 0 Å². The van der Waals surface area contributed by atoms with Gasteiger partial charge in [-0.15, -0.1) is 0 Å². The zero-order chi connectivity index (χ0) is 11.8. The highest BCUT2D eigenvalue weighted by Crippen LogP contribution is 2.08. The molecular formula is C11H22N2O3. The first-order valence-electron chi connectivity index (χ1n) is 5.85. The van der Waals surface area contributed by atoms with Crippen LogP contribution in [0.15, 0.2) is 0 Å². The molecule has 0 spiro atoms. The second-order valence-corrected chi connectivity index (χ2v) is 4.14. The standard InChI is InChI=1S/C11H22N2O3/c1-9(13-11(14)3-5-12-2)7-16-10-4-6-15-8-10/h9-10,12H,3-8H2,1-2H3,(H,13,14). The van der Waals surface area contributed by atoms with Gasteiger partial charge in [0.15, 0.2) is 0 Å². The highest BCUT2D eigenvalue weighted by Gasteiger charge is 2.17. The lowest BCUT2D eigenvalue weighted by molar-refractivity contribution is -0.122. The van der Waals surface area contributed by atoms with Crippen LogP contribution in [0.5, 0.6) is 0 Å². The van der Waals surface area contributed by atoms with Gasteiger partial charge in [0.1, 0.15) is 0 Å². The predicted octanol–water partition coefficient (Wildman–Crippen LogP) is -0.0939. The van der Waals surface area contributed by atoms with Gasteiger partial charge in [-0.05, 0) is 20.4 Å². The Morgan fingerprint density at radius 1 is 1.62 bits per heavy atom. The average Bonchev–Trinajstić information content (AvgIpc) is 2.76. The lowest BCUT2D eigenvalue weighted by atomic mass is 10.3. The van der Waals surface area contributed by atoms with Crippen molar-refractivity contribution in [2.24, 2.45) is 0 Å². The maximum Gasteiger partial charge on any atom is 0.221 e. The lowest BCUT2D eigenvalue weighted by Crippen LogP contribution is -2.38. The SMILES string of the molecule is CNCCC(=O)NC(C)COC1CCOC1. The minimum absolute atomic E-state index is 0.0601. The quantitative estimate of drug-likeness (QED) is 0.641. The number of amides is 1. The zero-order valence-corrected chi connectivity index (χ0v) is 10.1. The van der Waals surface area contributed by atoms with E-state index in [2.05, 4.69) is 10.6 Å². The number of hydrogen-bond acceptors (Lipinski definition) is 4. The van der Waals surface area contributed by atoms with Gasteiger partial charge in [-0.25, -0.2) is 0 Å². The average molecular weight is 230 g/mol. The molecule has 0 aromatic carbocycles. The Morgan fingerprint density at radius 3 is 3.06 bits per heavy atom. The number of nitrogens with one attached hydrogen (secondary N) is 2. The summed E-state index contributed by atoms with van der Waals surface area (Å²) >= 11 is 0. The molecule has 1 saturated heterocycles. The van der Waals surface area contributed by atoms with Crippen molar-refractivity contribution in [1.29, 1.82) is 0 Å². The third-order valence-electron chi connectivity index (χ3n) is 2.48. The minimum Gasteiger partial charge on any atom is -0.379 e. The number of ether oxygens (including phenoxy) is 2. The molecule has 5 nitrogen and oxygen atoms in total. The Morgan fingerprint density at radius 2 is 2.44 bits per heavy atom. The summed E-state index contributed by atoms with van der Waals surface area (Å²) in [5.74, 6) is 0.0631. The van der Waals surface area contributed by atoms with Crippen molar-refractivity contribution in [3.63, 3.8) is 0 Å². The van der Waals surface area contributed by atoms with Crippen molar-refractivity contribution in [1.82, 2.24) is 10.6 Å². The van der Waals surface area contributed by atoms with Crippen molar-refractivity contribution in [2.75, 3.05) is 33.4 Å². The Bertz CT molecular complexity index is 205. The molecule has 16 heavy (non-hydrogen) atoms. The van der Waals surface area contributed by atoms with Gasteiger partial charge in [0.25, 0.3) is 0 Å². The minimum atomic E-state index is 0.0601. The van der Waals surface area contributed by atoms with E-state index < -0.39 is 0 Å². The van der Waals surface area contributed by atoms with Crippen molar-refractivity contribution in [2.45, 2.75) is 31.9 Å². The van der Waals surface area contributed by atoms with E-state index in [1.54, 1.807) is 0 Å². The van der Waals surface area contributed by atoms with Gasteiger partial charge in [0.05, 0.1) is 19.3 Å². The number of rotatable bonds is 7. The molecule has 1 fully saturated rings. The molecular weight excluding hydrogens is 208 g/mol. The zero-order valence-electron chi connectivity index (χ0n) is 10.1. The number of carbonyl (C=O) groups excluding carboxylic acids is 1. The fourth-order valence-electron chi connectivity index (χ4n) is 1.55. The topological polar surface area (TPSA) is 59.6 Å². The molecule has 0 radical (unpaired) electrons. The van der Waals surface area contributed by atoms with E-state index in [-0.39, 0.29) is 18.1 Å². The summed E-state index contributed by atoms with van der Waals surface area (Å²) in [5.41, 5.74) is 0. The third-order valence-corrected chi connectivity index (χ3v) is 2.48. The van der Waals surface area contributed by atoms with E-state index in [1.807, 2.05) is 14.0 Å². The first kappa shape index (κ1) is 13.4. The van der Waals surface area contributed by atoms with E-state index in [9.17, 15) is 4.79 Å². The van der Waals surface area contributed by atoms with Crippen LogP contribution in [-0.2, 0) is 14.3 Å². The van der Waals surface area contributed by atoms with Gasteiger partial charge >= 0.3 is 0 Å². The molecule has 2 unspecified atom stereocenters. The van der Waals surface area contributed by atoms with Crippen molar-refractivity contribution in [3.05, 3.63) is 0 Å². The molecule has 2 N–H and O–H groups in total. The number of hydrogen-bond donors (Lipinski definition) is 2. The van der Waals surface area contributed by atoms with E-state index in [1.165, 1.54) is 0 Å². The second-order valence-electron chi connectivity index (χ2n) is 4.14. The molecule has 5 heteroatoms. The fourth-order valence-corrected chi connectivity index (χ4v) is 1.55. The van der Waals surface area contributed by atoms with Crippen molar-refractivity contribution in [3.8, 4) is 0 Å². The Kier molecular flexibility index (Phi) is 6.37. The Labute approximate surface area is 96.9 Å². The summed E-state index contributed by atoms with van der Waals surface area (Å²) in [4.78, 5) is 11.4. The van der Waals surface area contributed by atoms with Crippen LogP contribution >= 0.6 is 0 Å². The highest BCUT2D eigenvalue weighted by molar-refractivity contribution is 5.76. The van der Waals surface area contributed by atoms with Crippen LogP contribution in [0.1, 0.15) is 19.8 Å². The molecule has 0 aliphatic carbocycles. The van der Waals surface area contributed by atoms with E-state index in [0.29, 0.717) is 26.2 Å². The molecule has 0 saturated carbocycles. The summed E-state index contributed by atoms with van der Waals surface area (Å²) < 4.78 is 10.8. The first-order valence-corrected chi connectivity index (χ1v) is 5.85. The maximum absolute atomic E-state index is 11.4. The van der Waals surface area contributed by atoms with E-state index in [4.69, 9.17) is 9.47 Å². The van der Waals surface area contributed by atoms with Gasteiger partial charge in [0, 0.05) is 25.6 Å². The molecule has 0 aromatic heterocycles. The van der Waals surface area contributed by atoms with Gasteiger partial charge in [-0.1, -0.05) is 0 Å². The van der Waals surface area contributed by atoms with Gasteiger partial charge in [-0.2, -0.15) is 0 Å². The summed E-state index contributed by atoms with van der Waals surface area (Å²) in [6.45, 7) is 4.68. The van der Waals surface area contributed by atoms with Gasteiger partial charge < -0.3 is 20.1 Å². The van der Waals surface area contributed by atoms with E-state index in [0.717, 1.165) is 13.0 Å². The summed E-state index contributed by atoms with van der Waals surface area (Å²) in [7, 11) is 1.83. The van der Waals surface area contributed by atoms with Crippen LogP contribution in [-0.4, -0.2) is 51.5 Å². The molecule has 0 aromatic rings.